The van der Waals surface area contributed by atoms with Crippen molar-refractivity contribution in [3.05, 3.63) is 33.7 Å². The fourth-order valence-corrected chi connectivity index (χ4v) is 4.18. The summed E-state index contributed by atoms with van der Waals surface area (Å²) in [6.45, 7) is 3.26. The number of nitrogens with one attached hydrogen (secondary N) is 2. The molecule has 2 N–H and O–H groups in total. The first-order valence-electron chi connectivity index (χ1n) is 8.83. The van der Waals surface area contributed by atoms with E-state index in [1.54, 1.807) is 6.07 Å². The summed E-state index contributed by atoms with van der Waals surface area (Å²) >= 11 is 12.5. The van der Waals surface area contributed by atoms with Gasteiger partial charge in [-0.3, -0.25) is 4.90 Å². The summed E-state index contributed by atoms with van der Waals surface area (Å²) in [4.78, 5) is 5.50. The number of rotatable bonds is 5. The number of benzene rings is 1. The van der Waals surface area contributed by atoms with Crippen LogP contribution in [-0.4, -0.2) is 54.4 Å². The van der Waals surface area contributed by atoms with Gasteiger partial charge in [-0.1, -0.05) is 23.2 Å². The second-order valence-electron chi connectivity index (χ2n) is 7.24. The molecule has 8 heteroatoms. The zero-order chi connectivity index (χ0) is 18.3. The quantitative estimate of drug-likeness (QED) is 0.794. The Labute approximate surface area is 160 Å². The number of fused-ring (bicyclic) bond motifs is 1. The number of alkyl halides is 1. The van der Waals surface area contributed by atoms with E-state index in [1.165, 1.54) is 6.07 Å². The third kappa shape index (κ3) is 3.58. The van der Waals surface area contributed by atoms with Crippen LogP contribution in [0.1, 0.15) is 18.5 Å². The van der Waals surface area contributed by atoms with Crippen LogP contribution in [0.4, 0.5) is 8.78 Å². The second-order valence-corrected chi connectivity index (χ2v) is 8.00. The number of hydrogen-bond acceptors (Lipinski definition) is 3. The van der Waals surface area contributed by atoms with Crippen LogP contribution in [0.25, 0.3) is 10.9 Å². The number of likely N-dealkylation sites (tertiary alicyclic amines) is 1. The molecule has 4 nitrogen and oxygen atoms in total. The van der Waals surface area contributed by atoms with E-state index >= 15 is 0 Å². The van der Waals surface area contributed by atoms with Crippen molar-refractivity contribution in [1.82, 2.24) is 15.2 Å². The average Bonchev–Trinajstić information content (AvgIpc) is 2.92. The highest BCUT2D eigenvalue weighted by Crippen LogP contribution is 2.35. The Balaban J connectivity index is 1.35. The van der Waals surface area contributed by atoms with Crippen LogP contribution >= 0.6 is 23.2 Å². The Morgan fingerprint density at radius 2 is 1.92 bits per heavy atom. The van der Waals surface area contributed by atoms with Crippen molar-refractivity contribution in [1.29, 1.82) is 0 Å². The van der Waals surface area contributed by atoms with E-state index in [2.05, 4.69) is 15.2 Å². The molecule has 3 heterocycles. The van der Waals surface area contributed by atoms with Crippen LogP contribution in [0, 0.1) is 5.82 Å². The number of nitrogens with zero attached hydrogens (tertiary/aromatic N) is 1. The normalized spacial score (nSPS) is 21.2. The van der Waals surface area contributed by atoms with E-state index in [1.807, 2.05) is 0 Å². The lowest BCUT2D eigenvalue weighted by atomic mass is 10.0. The molecule has 0 radical (unpaired) electrons. The molecule has 142 valence electrons. The second kappa shape index (κ2) is 7.24. The van der Waals surface area contributed by atoms with Crippen LogP contribution in [0.15, 0.2) is 12.1 Å². The SMILES string of the molecule is Fc1ccc2[nH]c(CN3CCC(OCC4(F)CNC4)CC3)c(Cl)c2c1Cl. The highest BCUT2D eigenvalue weighted by atomic mass is 35.5. The highest BCUT2D eigenvalue weighted by Gasteiger charge is 2.38. The van der Waals surface area contributed by atoms with Crippen molar-refractivity contribution in [2.24, 2.45) is 0 Å². The highest BCUT2D eigenvalue weighted by molar-refractivity contribution is 6.42. The molecule has 0 unspecified atom stereocenters. The van der Waals surface area contributed by atoms with Crippen LogP contribution in [0.5, 0.6) is 0 Å². The number of H-pyrrole nitrogens is 1. The monoisotopic (exact) mass is 403 g/mol. The minimum absolute atomic E-state index is 0.0488. The van der Waals surface area contributed by atoms with Crippen LogP contribution in [0.3, 0.4) is 0 Å². The predicted octanol–water partition coefficient (Wildman–Crippen LogP) is 3.91. The summed E-state index contributed by atoms with van der Waals surface area (Å²) < 4.78 is 33.4. The lowest BCUT2D eigenvalue weighted by Crippen LogP contribution is -2.59. The average molecular weight is 404 g/mol. The van der Waals surface area contributed by atoms with Gasteiger partial charge in [-0.25, -0.2) is 8.78 Å². The zero-order valence-electron chi connectivity index (χ0n) is 14.3. The number of ether oxygens (including phenoxy) is 1. The van der Waals surface area contributed by atoms with Gasteiger partial charge in [0.05, 0.1) is 22.8 Å². The number of aromatic nitrogens is 1. The molecule has 2 saturated heterocycles. The molecule has 0 spiro atoms. The molecule has 0 bridgehead atoms. The van der Waals surface area contributed by atoms with Crippen molar-refractivity contribution in [3.63, 3.8) is 0 Å². The fourth-order valence-electron chi connectivity index (χ4n) is 3.57. The maximum absolute atomic E-state index is 14.0. The third-order valence-corrected chi connectivity index (χ3v) is 6.03. The first-order valence-corrected chi connectivity index (χ1v) is 9.58. The number of piperidine rings is 1. The molecule has 1 aromatic carbocycles. The first kappa shape index (κ1) is 18.4. The summed E-state index contributed by atoms with van der Waals surface area (Å²) in [5.41, 5.74) is 0.373. The Kier molecular flexibility index (Phi) is 5.14. The molecule has 2 fully saturated rings. The summed E-state index contributed by atoms with van der Waals surface area (Å²) in [5.74, 6) is -0.475. The molecule has 1 aromatic heterocycles. The van der Waals surface area contributed by atoms with E-state index in [-0.39, 0.29) is 17.7 Å². The molecule has 0 aliphatic carbocycles. The molecule has 0 atom stereocenters. The van der Waals surface area contributed by atoms with Crippen molar-refractivity contribution >= 4 is 34.1 Å². The molecule has 26 heavy (non-hydrogen) atoms. The molecule has 0 amide bonds. The van der Waals surface area contributed by atoms with E-state index in [4.69, 9.17) is 27.9 Å². The van der Waals surface area contributed by atoms with Crippen LogP contribution < -0.4 is 5.32 Å². The molecule has 0 saturated carbocycles. The Morgan fingerprint density at radius 1 is 1.19 bits per heavy atom. The lowest BCUT2D eigenvalue weighted by Gasteiger charge is -2.37. The van der Waals surface area contributed by atoms with Crippen molar-refractivity contribution < 1.29 is 13.5 Å². The largest absolute Gasteiger partial charge is 0.375 e. The van der Waals surface area contributed by atoms with Gasteiger partial charge in [0.25, 0.3) is 0 Å². The lowest BCUT2D eigenvalue weighted by molar-refractivity contribution is -0.0680. The van der Waals surface area contributed by atoms with Crippen molar-refractivity contribution in [3.8, 4) is 0 Å². The zero-order valence-corrected chi connectivity index (χ0v) is 15.8. The van der Waals surface area contributed by atoms with E-state index in [0.29, 0.717) is 30.0 Å². The first-order chi connectivity index (χ1) is 12.5. The summed E-state index contributed by atoms with van der Waals surface area (Å²) in [6.07, 6.45) is 1.81. The van der Waals surface area contributed by atoms with E-state index < -0.39 is 11.5 Å². The summed E-state index contributed by atoms with van der Waals surface area (Å²) in [7, 11) is 0. The van der Waals surface area contributed by atoms with Crippen molar-refractivity contribution in [2.45, 2.75) is 31.2 Å². The number of hydrogen-bond donors (Lipinski definition) is 2. The van der Waals surface area contributed by atoms with Gasteiger partial charge in [0.1, 0.15) is 5.82 Å². The molecular formula is C18H21Cl2F2N3O. The molecule has 2 aliphatic heterocycles. The van der Waals surface area contributed by atoms with Crippen molar-refractivity contribution in [2.75, 3.05) is 32.8 Å². The predicted molar refractivity (Wildman–Crippen MR) is 99.2 cm³/mol. The number of aromatic amines is 1. The molecule has 2 aromatic rings. The van der Waals surface area contributed by atoms with Gasteiger partial charge in [-0.2, -0.15) is 0 Å². The maximum Gasteiger partial charge on any atom is 0.158 e. The number of halogens is 4. The molecule has 4 rings (SSSR count). The third-order valence-electron chi connectivity index (χ3n) is 5.24. The topological polar surface area (TPSA) is 40.3 Å². The van der Waals surface area contributed by atoms with Gasteiger partial charge in [-0.05, 0) is 25.0 Å². The Hall–Kier alpha value is -0.920. The van der Waals surface area contributed by atoms with E-state index in [0.717, 1.165) is 37.1 Å². The summed E-state index contributed by atoms with van der Waals surface area (Å²) in [6, 6.07) is 2.98. The van der Waals surface area contributed by atoms with Gasteiger partial charge in [0, 0.05) is 49.3 Å². The molecule has 2 aliphatic rings. The summed E-state index contributed by atoms with van der Waals surface area (Å²) in [5, 5.41) is 3.99. The Bertz CT molecular complexity index is 801. The maximum atomic E-state index is 14.0. The van der Waals surface area contributed by atoms with Gasteiger partial charge in [0.15, 0.2) is 5.67 Å². The minimum atomic E-state index is -1.19. The smallest absolute Gasteiger partial charge is 0.158 e. The van der Waals surface area contributed by atoms with E-state index in [9.17, 15) is 8.78 Å². The standard InChI is InChI=1S/C18H21Cl2F2N3O/c19-16-12(21)1-2-13-15(16)17(20)14(24-13)7-25-5-3-11(4-6-25)26-10-18(22)8-23-9-18/h1-2,11,23-24H,3-10H2. The van der Waals surface area contributed by atoms with Gasteiger partial charge < -0.3 is 15.0 Å². The molecular weight excluding hydrogens is 383 g/mol. The van der Waals surface area contributed by atoms with Crippen LogP contribution in [-0.2, 0) is 11.3 Å². The minimum Gasteiger partial charge on any atom is -0.375 e. The van der Waals surface area contributed by atoms with Gasteiger partial charge >= 0.3 is 0 Å². The van der Waals surface area contributed by atoms with Crippen LogP contribution in [0.2, 0.25) is 10.0 Å². The fraction of sp³-hybridized carbons (Fsp3) is 0.556. The Morgan fingerprint density at radius 3 is 2.58 bits per heavy atom. The van der Waals surface area contributed by atoms with Gasteiger partial charge in [0.2, 0.25) is 0 Å². The van der Waals surface area contributed by atoms with Gasteiger partial charge in [-0.15, -0.1) is 0 Å².